The van der Waals surface area contributed by atoms with Gasteiger partial charge in [0.05, 0.1) is 5.41 Å². The molecule has 3 saturated carbocycles. The molecule has 0 aromatic carbocycles. The first-order valence-corrected chi connectivity index (χ1v) is 12.3. The van der Waals surface area contributed by atoms with Gasteiger partial charge in [-0.3, -0.25) is 4.79 Å². The summed E-state index contributed by atoms with van der Waals surface area (Å²) in [5.74, 6) is 2.86. The highest BCUT2D eigenvalue weighted by atomic mass is 16.6. The van der Waals surface area contributed by atoms with Gasteiger partial charge >= 0.3 is 11.9 Å². The Morgan fingerprint density at radius 1 is 1.03 bits per heavy atom. The molecule has 3 aliphatic carbocycles. The SMILES string of the molecule is CC(C)C1CC[C@@H]2C(CCC3[C@]2(C)CCC[C@]3(C)C(=O)OCC(=O)OC(C)(C)C)C1. The molecule has 0 saturated heterocycles. The number of hydrogen-bond donors (Lipinski definition) is 0. The quantitative estimate of drug-likeness (QED) is 0.511. The monoisotopic (exact) mass is 420 g/mol. The minimum Gasteiger partial charge on any atom is -0.457 e. The van der Waals surface area contributed by atoms with Gasteiger partial charge in [-0.1, -0.05) is 27.2 Å². The molecule has 0 bridgehead atoms. The summed E-state index contributed by atoms with van der Waals surface area (Å²) in [5, 5.41) is 0. The fourth-order valence-corrected chi connectivity index (χ4v) is 7.38. The zero-order chi connectivity index (χ0) is 22.3. The van der Waals surface area contributed by atoms with Crippen LogP contribution in [0.15, 0.2) is 0 Å². The van der Waals surface area contributed by atoms with Crippen molar-refractivity contribution in [3.8, 4) is 0 Å². The third-order valence-corrected chi connectivity index (χ3v) is 8.82. The highest BCUT2D eigenvalue weighted by Crippen LogP contribution is 2.64. The van der Waals surface area contributed by atoms with Crippen molar-refractivity contribution in [2.24, 2.45) is 40.4 Å². The molecule has 0 spiro atoms. The van der Waals surface area contributed by atoms with Crippen molar-refractivity contribution in [3.05, 3.63) is 0 Å². The lowest BCUT2D eigenvalue weighted by atomic mass is 9.43. The molecule has 0 aromatic rings. The van der Waals surface area contributed by atoms with Gasteiger partial charge in [-0.2, -0.15) is 0 Å². The Hall–Kier alpha value is -1.06. The highest BCUT2D eigenvalue weighted by molar-refractivity contribution is 5.80. The Labute approximate surface area is 183 Å². The van der Waals surface area contributed by atoms with E-state index in [1.807, 2.05) is 20.8 Å². The number of ether oxygens (including phenoxy) is 2. The first kappa shape index (κ1) is 23.6. The van der Waals surface area contributed by atoms with Crippen LogP contribution in [-0.2, 0) is 19.1 Å². The van der Waals surface area contributed by atoms with Gasteiger partial charge in [0.15, 0.2) is 6.61 Å². The summed E-state index contributed by atoms with van der Waals surface area (Å²) >= 11 is 0. The zero-order valence-electron chi connectivity index (χ0n) is 20.4. The highest BCUT2D eigenvalue weighted by Gasteiger charge is 2.59. The molecule has 4 heteroatoms. The first-order chi connectivity index (χ1) is 13.9. The van der Waals surface area contributed by atoms with E-state index in [0.717, 1.165) is 42.9 Å². The number of esters is 2. The van der Waals surface area contributed by atoms with Crippen LogP contribution in [0.25, 0.3) is 0 Å². The van der Waals surface area contributed by atoms with Gasteiger partial charge in [0.2, 0.25) is 0 Å². The number of rotatable bonds is 4. The van der Waals surface area contributed by atoms with Crippen molar-refractivity contribution in [2.45, 2.75) is 105 Å². The summed E-state index contributed by atoms with van der Waals surface area (Å²) in [5.41, 5.74) is -0.846. The van der Waals surface area contributed by atoms with Crippen LogP contribution in [-0.4, -0.2) is 24.1 Å². The van der Waals surface area contributed by atoms with Crippen LogP contribution in [0, 0.1) is 40.4 Å². The largest absolute Gasteiger partial charge is 0.457 e. The fraction of sp³-hybridized carbons (Fsp3) is 0.923. The molecular weight excluding hydrogens is 376 g/mol. The Balaban J connectivity index is 1.70. The average Bonchev–Trinajstić information content (AvgIpc) is 2.64. The molecule has 0 aliphatic heterocycles. The molecule has 6 atom stereocenters. The maximum Gasteiger partial charge on any atom is 0.344 e. The van der Waals surface area contributed by atoms with E-state index < -0.39 is 17.0 Å². The molecular formula is C26H44O4. The summed E-state index contributed by atoms with van der Waals surface area (Å²) in [6.45, 7) is 14.5. The smallest absolute Gasteiger partial charge is 0.344 e. The number of hydrogen-bond acceptors (Lipinski definition) is 4. The lowest BCUT2D eigenvalue weighted by molar-refractivity contribution is -0.185. The molecule has 0 heterocycles. The summed E-state index contributed by atoms with van der Waals surface area (Å²) < 4.78 is 10.9. The molecule has 0 radical (unpaired) electrons. The van der Waals surface area contributed by atoms with Gasteiger partial charge in [0, 0.05) is 0 Å². The minimum absolute atomic E-state index is 0.196. The molecule has 30 heavy (non-hydrogen) atoms. The zero-order valence-corrected chi connectivity index (χ0v) is 20.4. The van der Waals surface area contributed by atoms with Crippen LogP contribution in [0.1, 0.15) is 99.8 Å². The normalized spacial score (nSPS) is 39.1. The average molecular weight is 421 g/mol. The Kier molecular flexibility index (Phi) is 6.66. The van der Waals surface area contributed by atoms with E-state index >= 15 is 0 Å². The Bertz CT molecular complexity index is 648. The van der Waals surface area contributed by atoms with Gasteiger partial charge < -0.3 is 9.47 Å². The molecule has 4 nitrogen and oxygen atoms in total. The molecule has 0 N–H and O–H groups in total. The number of fused-ring (bicyclic) bond motifs is 3. The Morgan fingerprint density at radius 3 is 2.37 bits per heavy atom. The van der Waals surface area contributed by atoms with E-state index in [1.54, 1.807) is 0 Å². The minimum atomic E-state index is -0.565. The standard InChI is InChI=1S/C26H44O4/c1-17(2)18-9-11-20-19(15-18)10-12-21-25(20,6)13-8-14-26(21,7)23(28)29-16-22(27)30-24(3,4)5/h17-21H,8-16H2,1-7H3/t18?,19?,20-,21?,25-,26+/m1/s1. The fourth-order valence-electron chi connectivity index (χ4n) is 7.38. The van der Waals surface area contributed by atoms with Crippen molar-refractivity contribution in [2.75, 3.05) is 6.61 Å². The van der Waals surface area contributed by atoms with E-state index in [4.69, 9.17) is 9.47 Å². The van der Waals surface area contributed by atoms with E-state index in [1.165, 1.54) is 32.1 Å². The van der Waals surface area contributed by atoms with Crippen molar-refractivity contribution >= 4 is 11.9 Å². The van der Waals surface area contributed by atoms with Gasteiger partial charge in [0.1, 0.15) is 5.60 Å². The van der Waals surface area contributed by atoms with Crippen LogP contribution in [0.5, 0.6) is 0 Å². The van der Waals surface area contributed by atoms with Gasteiger partial charge in [-0.15, -0.1) is 0 Å². The molecule has 3 aliphatic rings. The van der Waals surface area contributed by atoms with Gasteiger partial charge in [-0.05, 0) is 108 Å². The summed E-state index contributed by atoms with van der Waals surface area (Å²) in [6.07, 6.45) is 9.52. The number of carbonyl (C=O) groups is 2. The van der Waals surface area contributed by atoms with Gasteiger partial charge in [-0.25, -0.2) is 4.79 Å². The van der Waals surface area contributed by atoms with E-state index in [2.05, 4.69) is 27.7 Å². The second-order valence-corrected chi connectivity index (χ2v) is 12.3. The summed E-state index contributed by atoms with van der Waals surface area (Å²) in [4.78, 5) is 25.3. The second-order valence-electron chi connectivity index (χ2n) is 12.3. The Morgan fingerprint density at radius 2 is 1.73 bits per heavy atom. The van der Waals surface area contributed by atoms with Crippen molar-refractivity contribution < 1.29 is 19.1 Å². The van der Waals surface area contributed by atoms with Crippen LogP contribution in [0.4, 0.5) is 0 Å². The molecule has 3 unspecified atom stereocenters. The topological polar surface area (TPSA) is 52.6 Å². The van der Waals surface area contributed by atoms with Crippen molar-refractivity contribution in [1.29, 1.82) is 0 Å². The second kappa shape index (κ2) is 8.47. The first-order valence-electron chi connectivity index (χ1n) is 12.3. The lowest BCUT2D eigenvalue weighted by Gasteiger charge is -2.61. The van der Waals surface area contributed by atoms with E-state index in [-0.39, 0.29) is 18.0 Å². The molecule has 172 valence electrons. The van der Waals surface area contributed by atoms with E-state index in [9.17, 15) is 9.59 Å². The molecule has 3 rings (SSSR count). The van der Waals surface area contributed by atoms with Crippen LogP contribution in [0.2, 0.25) is 0 Å². The molecule has 0 aromatic heterocycles. The summed E-state index contributed by atoms with van der Waals surface area (Å²) in [6, 6.07) is 0. The third-order valence-electron chi connectivity index (χ3n) is 8.82. The molecule has 3 fully saturated rings. The van der Waals surface area contributed by atoms with Crippen LogP contribution in [0.3, 0.4) is 0 Å². The van der Waals surface area contributed by atoms with Crippen molar-refractivity contribution in [3.63, 3.8) is 0 Å². The van der Waals surface area contributed by atoms with Crippen molar-refractivity contribution in [1.82, 2.24) is 0 Å². The predicted molar refractivity (Wildman–Crippen MR) is 119 cm³/mol. The third kappa shape index (κ3) is 4.58. The maximum absolute atomic E-state index is 13.3. The molecule has 0 amide bonds. The summed E-state index contributed by atoms with van der Waals surface area (Å²) in [7, 11) is 0. The maximum atomic E-state index is 13.3. The van der Waals surface area contributed by atoms with E-state index in [0.29, 0.717) is 5.92 Å². The van der Waals surface area contributed by atoms with Gasteiger partial charge in [0.25, 0.3) is 0 Å². The van der Waals surface area contributed by atoms with Crippen LogP contribution >= 0.6 is 0 Å². The number of carbonyl (C=O) groups excluding carboxylic acids is 2. The lowest BCUT2D eigenvalue weighted by Crippen LogP contribution is -2.56. The van der Waals surface area contributed by atoms with Crippen LogP contribution < -0.4 is 0 Å². The predicted octanol–water partition coefficient (Wildman–Crippen LogP) is 6.17.